The van der Waals surface area contributed by atoms with E-state index in [1.54, 1.807) is 62.4 Å². The van der Waals surface area contributed by atoms with Gasteiger partial charge in [-0.25, -0.2) is 20.0 Å². The van der Waals surface area contributed by atoms with Crippen molar-refractivity contribution in [1.29, 1.82) is 0 Å². The lowest BCUT2D eigenvalue weighted by molar-refractivity contribution is 0.0442. The van der Waals surface area contributed by atoms with Gasteiger partial charge in [-0.15, -0.1) is 0 Å². The van der Waals surface area contributed by atoms with Gasteiger partial charge in [0.2, 0.25) is 0 Å². The number of aliphatic hydroxyl groups is 1. The smallest absolute Gasteiger partial charge is 0.346 e. The molecule has 1 aliphatic heterocycles. The number of amides is 4. The standard InChI is InChI=1S/C18H20N4O3/c1-18(2)15(23)21(14-11-7-4-8-12-14)17(25)22(18)20-16(24)19-13-9-5-3-6-10-13/h3-12,15,23H,1-2H3,(H2,19,20,24). The summed E-state index contributed by atoms with van der Waals surface area (Å²) in [4.78, 5) is 26.3. The zero-order valence-corrected chi connectivity index (χ0v) is 14.0. The Bertz CT molecular complexity index is 764. The summed E-state index contributed by atoms with van der Waals surface area (Å²) in [7, 11) is 0. The average molecular weight is 340 g/mol. The summed E-state index contributed by atoms with van der Waals surface area (Å²) in [5.74, 6) is 0. The molecular formula is C18H20N4O3. The monoisotopic (exact) mass is 340 g/mol. The van der Waals surface area contributed by atoms with Crippen molar-refractivity contribution in [2.24, 2.45) is 0 Å². The predicted molar refractivity (Wildman–Crippen MR) is 94.8 cm³/mol. The Balaban J connectivity index is 1.79. The first-order valence-electron chi connectivity index (χ1n) is 7.90. The molecule has 3 N–H and O–H groups in total. The molecule has 0 aliphatic carbocycles. The van der Waals surface area contributed by atoms with Crippen LogP contribution in [0.3, 0.4) is 0 Å². The highest BCUT2D eigenvalue weighted by molar-refractivity contribution is 5.98. The molecule has 2 aromatic carbocycles. The molecule has 130 valence electrons. The van der Waals surface area contributed by atoms with E-state index >= 15 is 0 Å². The third kappa shape index (κ3) is 3.14. The first-order valence-corrected chi connectivity index (χ1v) is 7.90. The van der Waals surface area contributed by atoms with E-state index in [0.717, 1.165) is 5.01 Å². The van der Waals surface area contributed by atoms with Gasteiger partial charge < -0.3 is 10.4 Å². The van der Waals surface area contributed by atoms with Crippen LogP contribution in [0, 0.1) is 0 Å². The van der Waals surface area contributed by atoms with E-state index in [1.165, 1.54) is 4.90 Å². The van der Waals surface area contributed by atoms with Crippen molar-refractivity contribution in [1.82, 2.24) is 10.4 Å². The van der Waals surface area contributed by atoms with Crippen LogP contribution in [0.5, 0.6) is 0 Å². The predicted octanol–water partition coefficient (Wildman–Crippen LogP) is 2.76. The lowest BCUT2D eigenvalue weighted by Crippen LogP contribution is -2.56. The number of nitrogens with one attached hydrogen (secondary N) is 2. The number of benzene rings is 2. The lowest BCUT2D eigenvalue weighted by Gasteiger charge is -2.31. The van der Waals surface area contributed by atoms with E-state index in [2.05, 4.69) is 10.7 Å². The SMILES string of the molecule is CC1(C)C(O)N(c2ccccc2)C(=O)N1NC(=O)Nc1ccccc1. The number of urea groups is 2. The molecular weight excluding hydrogens is 320 g/mol. The molecule has 0 spiro atoms. The molecule has 25 heavy (non-hydrogen) atoms. The molecule has 7 heteroatoms. The molecule has 0 saturated carbocycles. The second kappa shape index (κ2) is 6.45. The maximum Gasteiger partial charge on any atom is 0.346 e. The Labute approximate surface area is 145 Å². The topological polar surface area (TPSA) is 84.9 Å². The van der Waals surface area contributed by atoms with Gasteiger partial charge in [0, 0.05) is 11.4 Å². The summed E-state index contributed by atoms with van der Waals surface area (Å²) in [6.45, 7) is 3.36. The van der Waals surface area contributed by atoms with Crippen LogP contribution in [0.15, 0.2) is 60.7 Å². The number of anilines is 2. The van der Waals surface area contributed by atoms with Crippen LogP contribution in [-0.2, 0) is 0 Å². The second-order valence-electron chi connectivity index (χ2n) is 6.28. The summed E-state index contributed by atoms with van der Waals surface area (Å²) in [6.07, 6.45) is -1.11. The number of hydrazine groups is 1. The highest BCUT2D eigenvalue weighted by Gasteiger charge is 2.52. The number of rotatable bonds is 3. The van der Waals surface area contributed by atoms with E-state index in [1.807, 2.05) is 12.1 Å². The van der Waals surface area contributed by atoms with Gasteiger partial charge in [0.1, 0.15) is 5.54 Å². The number of carbonyl (C=O) groups excluding carboxylic acids is 2. The van der Waals surface area contributed by atoms with Crippen molar-refractivity contribution in [3.63, 3.8) is 0 Å². The second-order valence-corrected chi connectivity index (χ2v) is 6.28. The molecule has 0 radical (unpaired) electrons. The highest BCUT2D eigenvalue weighted by Crippen LogP contribution is 2.33. The van der Waals surface area contributed by atoms with Crippen LogP contribution in [0.2, 0.25) is 0 Å². The number of aliphatic hydroxyl groups excluding tert-OH is 1. The van der Waals surface area contributed by atoms with Gasteiger partial charge in [0.15, 0.2) is 6.23 Å². The van der Waals surface area contributed by atoms with Gasteiger partial charge >= 0.3 is 12.1 Å². The van der Waals surface area contributed by atoms with E-state index < -0.39 is 23.8 Å². The molecule has 1 unspecified atom stereocenters. The molecule has 2 aromatic rings. The first-order chi connectivity index (χ1) is 11.9. The Morgan fingerprint density at radius 3 is 2.20 bits per heavy atom. The van der Waals surface area contributed by atoms with Crippen molar-refractivity contribution in [2.45, 2.75) is 25.6 Å². The van der Waals surface area contributed by atoms with E-state index in [4.69, 9.17) is 0 Å². The third-order valence-corrected chi connectivity index (χ3v) is 4.13. The average Bonchev–Trinajstić information content (AvgIpc) is 2.76. The zero-order chi connectivity index (χ0) is 18.0. The van der Waals surface area contributed by atoms with Crippen molar-refractivity contribution >= 4 is 23.4 Å². The van der Waals surface area contributed by atoms with Gasteiger partial charge in [-0.05, 0) is 38.1 Å². The Kier molecular flexibility index (Phi) is 4.33. The maximum atomic E-state index is 12.8. The molecule has 1 fully saturated rings. The molecule has 7 nitrogen and oxygen atoms in total. The summed E-state index contributed by atoms with van der Waals surface area (Å²) < 4.78 is 0. The van der Waals surface area contributed by atoms with Crippen LogP contribution >= 0.6 is 0 Å². The Morgan fingerprint density at radius 1 is 1.04 bits per heavy atom. The molecule has 1 heterocycles. The number of nitrogens with zero attached hydrogens (tertiary/aromatic N) is 2. The molecule has 1 aliphatic rings. The van der Waals surface area contributed by atoms with Crippen LogP contribution in [0.1, 0.15) is 13.8 Å². The van der Waals surface area contributed by atoms with E-state index in [9.17, 15) is 14.7 Å². The number of para-hydroxylation sites is 2. The van der Waals surface area contributed by atoms with Crippen LogP contribution < -0.4 is 15.6 Å². The fourth-order valence-corrected chi connectivity index (χ4v) is 2.70. The number of carbonyl (C=O) groups is 2. The van der Waals surface area contributed by atoms with E-state index in [-0.39, 0.29) is 0 Å². The van der Waals surface area contributed by atoms with Gasteiger partial charge in [-0.1, -0.05) is 36.4 Å². The van der Waals surface area contributed by atoms with Crippen molar-refractivity contribution in [2.75, 3.05) is 10.2 Å². The van der Waals surface area contributed by atoms with Crippen molar-refractivity contribution in [3.05, 3.63) is 60.7 Å². The van der Waals surface area contributed by atoms with Crippen LogP contribution in [-0.4, -0.2) is 33.9 Å². The minimum Gasteiger partial charge on any atom is -0.371 e. The summed E-state index contributed by atoms with van der Waals surface area (Å²) in [5, 5.41) is 14.4. The molecule has 4 amide bonds. The molecule has 0 bridgehead atoms. The van der Waals surface area contributed by atoms with Gasteiger partial charge in [-0.2, -0.15) is 0 Å². The fourth-order valence-electron chi connectivity index (χ4n) is 2.70. The largest absolute Gasteiger partial charge is 0.371 e. The quantitative estimate of drug-likeness (QED) is 0.803. The highest BCUT2D eigenvalue weighted by atomic mass is 16.3. The summed E-state index contributed by atoms with van der Waals surface area (Å²) >= 11 is 0. The number of hydrogen-bond donors (Lipinski definition) is 3. The fraction of sp³-hybridized carbons (Fsp3) is 0.222. The van der Waals surface area contributed by atoms with Gasteiger partial charge in [0.05, 0.1) is 0 Å². The Hall–Kier alpha value is -3.06. The maximum absolute atomic E-state index is 12.8. The van der Waals surface area contributed by atoms with Crippen molar-refractivity contribution < 1.29 is 14.7 Å². The van der Waals surface area contributed by atoms with Crippen molar-refractivity contribution in [3.8, 4) is 0 Å². The molecule has 1 saturated heterocycles. The van der Waals surface area contributed by atoms with Crippen LogP contribution in [0.4, 0.5) is 21.0 Å². The normalized spacial score (nSPS) is 19.0. The third-order valence-electron chi connectivity index (χ3n) is 4.13. The van der Waals surface area contributed by atoms with E-state index in [0.29, 0.717) is 11.4 Å². The zero-order valence-electron chi connectivity index (χ0n) is 14.0. The minimum atomic E-state index is -1.11. The summed E-state index contributed by atoms with van der Waals surface area (Å²) in [5.41, 5.74) is 2.67. The molecule has 3 rings (SSSR count). The van der Waals surface area contributed by atoms with Gasteiger partial charge in [-0.3, -0.25) is 4.90 Å². The Morgan fingerprint density at radius 2 is 1.60 bits per heavy atom. The summed E-state index contributed by atoms with van der Waals surface area (Å²) in [6, 6.07) is 16.7. The molecule has 0 aromatic heterocycles. The number of hydrogen-bond acceptors (Lipinski definition) is 3. The van der Waals surface area contributed by atoms with Gasteiger partial charge in [0.25, 0.3) is 0 Å². The minimum absolute atomic E-state index is 0.507. The first kappa shape index (κ1) is 16.8. The van der Waals surface area contributed by atoms with Crippen LogP contribution in [0.25, 0.3) is 0 Å². The molecule has 1 atom stereocenters. The lowest BCUT2D eigenvalue weighted by atomic mass is 10.0.